The number of aromatic amines is 1. The maximum absolute atomic E-state index is 12.0. The van der Waals surface area contributed by atoms with Gasteiger partial charge in [-0.3, -0.25) is 14.4 Å². The van der Waals surface area contributed by atoms with Crippen LogP contribution >= 0.6 is 0 Å². The lowest BCUT2D eigenvalue weighted by Crippen LogP contribution is -2.21. The van der Waals surface area contributed by atoms with Gasteiger partial charge in [-0.25, -0.2) is 0 Å². The third kappa shape index (κ3) is 5.94. The lowest BCUT2D eigenvalue weighted by molar-refractivity contribution is -0.147. The molecule has 0 saturated carbocycles. The minimum absolute atomic E-state index is 0.0227. The number of anilines is 1. The molecular weight excluding hydrogens is 374 g/mol. The summed E-state index contributed by atoms with van der Waals surface area (Å²) in [5.74, 6) is -0.301. The molecule has 0 fully saturated rings. The molecule has 1 heterocycles. The van der Waals surface area contributed by atoms with Crippen LogP contribution in [0, 0.1) is 25.2 Å². The minimum Gasteiger partial charge on any atom is -0.494 e. The van der Waals surface area contributed by atoms with E-state index in [1.807, 2.05) is 13.0 Å². The smallest absolute Gasteiger partial charge is 0.306 e. The van der Waals surface area contributed by atoms with Crippen LogP contribution in [-0.4, -0.2) is 30.1 Å². The Balaban J connectivity index is 1.85. The van der Waals surface area contributed by atoms with E-state index in [4.69, 9.17) is 14.7 Å². The predicted molar refractivity (Wildman–Crippen MR) is 107 cm³/mol. The van der Waals surface area contributed by atoms with Gasteiger partial charge in [0.25, 0.3) is 11.5 Å². The van der Waals surface area contributed by atoms with Gasteiger partial charge in [-0.2, -0.15) is 5.26 Å². The summed E-state index contributed by atoms with van der Waals surface area (Å²) in [6, 6.07) is 8.72. The zero-order valence-corrected chi connectivity index (χ0v) is 16.6. The van der Waals surface area contributed by atoms with E-state index < -0.39 is 24.0 Å². The van der Waals surface area contributed by atoms with Crippen LogP contribution in [0.3, 0.4) is 0 Å². The van der Waals surface area contributed by atoms with Crippen molar-refractivity contribution in [3.63, 3.8) is 0 Å². The van der Waals surface area contributed by atoms with Gasteiger partial charge in [-0.05, 0) is 62.6 Å². The van der Waals surface area contributed by atoms with Gasteiger partial charge in [0.2, 0.25) is 0 Å². The van der Waals surface area contributed by atoms with E-state index >= 15 is 0 Å². The summed E-state index contributed by atoms with van der Waals surface area (Å²) in [7, 11) is 0. The van der Waals surface area contributed by atoms with Crippen LogP contribution < -0.4 is 15.6 Å². The number of amides is 1. The molecule has 8 nitrogen and oxygen atoms in total. The van der Waals surface area contributed by atoms with Crippen molar-refractivity contribution in [2.75, 3.05) is 18.5 Å². The van der Waals surface area contributed by atoms with E-state index in [2.05, 4.69) is 10.3 Å². The first-order valence-corrected chi connectivity index (χ1v) is 9.16. The van der Waals surface area contributed by atoms with Crippen molar-refractivity contribution in [2.45, 2.75) is 33.6 Å². The predicted octanol–water partition coefficient (Wildman–Crippen LogP) is 2.38. The molecule has 8 heteroatoms. The molecule has 1 aromatic heterocycles. The van der Waals surface area contributed by atoms with Crippen molar-refractivity contribution in [2.24, 2.45) is 0 Å². The van der Waals surface area contributed by atoms with Gasteiger partial charge in [0.15, 0.2) is 6.61 Å². The highest BCUT2D eigenvalue weighted by molar-refractivity contribution is 5.92. The third-order valence-electron chi connectivity index (χ3n) is 4.31. The summed E-state index contributed by atoms with van der Waals surface area (Å²) in [6.45, 7) is 5.41. The van der Waals surface area contributed by atoms with E-state index in [-0.39, 0.29) is 12.0 Å². The number of hydrogen-bond donors (Lipinski definition) is 2. The van der Waals surface area contributed by atoms with Crippen LogP contribution in [0.15, 0.2) is 29.1 Å². The van der Waals surface area contributed by atoms with Gasteiger partial charge in [-0.15, -0.1) is 0 Å². The van der Waals surface area contributed by atoms with Crippen LogP contribution in [0.4, 0.5) is 5.69 Å². The third-order valence-corrected chi connectivity index (χ3v) is 4.31. The molecule has 152 valence electrons. The Morgan fingerprint density at radius 2 is 1.90 bits per heavy atom. The average Bonchev–Trinajstić information content (AvgIpc) is 2.68. The van der Waals surface area contributed by atoms with Crippen LogP contribution in [0.1, 0.15) is 35.7 Å². The molecular formula is C21H23N3O5. The summed E-state index contributed by atoms with van der Waals surface area (Å²) < 4.78 is 10.3. The van der Waals surface area contributed by atoms with Crippen LogP contribution in [0.2, 0.25) is 0 Å². The second-order valence-electron chi connectivity index (χ2n) is 6.34. The van der Waals surface area contributed by atoms with Crippen molar-refractivity contribution in [1.82, 2.24) is 4.98 Å². The number of nitrogens with one attached hydrogen (secondary N) is 2. The van der Waals surface area contributed by atoms with Crippen molar-refractivity contribution < 1.29 is 19.1 Å². The number of nitrogens with zero attached hydrogens (tertiary/aromatic N) is 1. The van der Waals surface area contributed by atoms with Crippen molar-refractivity contribution in [3.8, 4) is 11.8 Å². The normalized spacial score (nSPS) is 10.1. The van der Waals surface area contributed by atoms with Crippen molar-refractivity contribution in [3.05, 3.63) is 57.0 Å². The maximum atomic E-state index is 12.0. The first-order valence-electron chi connectivity index (χ1n) is 9.16. The summed E-state index contributed by atoms with van der Waals surface area (Å²) in [5.41, 5.74) is 2.03. The SMILES string of the molecule is CCOc1ccc(NC(=O)COC(=O)CCc2c(C)[nH]c(=O)c(C#N)c2C)cc1. The molecule has 29 heavy (non-hydrogen) atoms. The lowest BCUT2D eigenvalue weighted by Gasteiger charge is -2.11. The molecule has 0 spiro atoms. The quantitative estimate of drug-likeness (QED) is 0.660. The summed E-state index contributed by atoms with van der Waals surface area (Å²) in [4.78, 5) is 38.3. The number of H-pyrrole nitrogens is 1. The summed E-state index contributed by atoms with van der Waals surface area (Å²) in [5, 5.41) is 11.7. The van der Waals surface area contributed by atoms with E-state index in [9.17, 15) is 14.4 Å². The Morgan fingerprint density at radius 3 is 2.52 bits per heavy atom. The van der Waals surface area contributed by atoms with E-state index in [1.54, 1.807) is 38.1 Å². The van der Waals surface area contributed by atoms with Crippen LogP contribution in [0.5, 0.6) is 5.75 Å². The number of pyridine rings is 1. The maximum Gasteiger partial charge on any atom is 0.306 e. The Hall–Kier alpha value is -3.60. The molecule has 2 rings (SSSR count). The Bertz CT molecular complexity index is 987. The number of carbonyl (C=O) groups excluding carboxylic acids is 2. The summed E-state index contributed by atoms with van der Waals surface area (Å²) >= 11 is 0. The Labute approximate surface area is 168 Å². The molecule has 0 aliphatic carbocycles. The van der Waals surface area contributed by atoms with Crippen LogP contribution in [0.25, 0.3) is 0 Å². The van der Waals surface area contributed by atoms with E-state index in [0.29, 0.717) is 35.7 Å². The largest absolute Gasteiger partial charge is 0.494 e. The molecule has 0 unspecified atom stereocenters. The fourth-order valence-corrected chi connectivity index (χ4v) is 2.86. The van der Waals surface area contributed by atoms with E-state index in [1.165, 1.54) is 0 Å². The van der Waals surface area contributed by atoms with Gasteiger partial charge in [0.05, 0.1) is 6.61 Å². The Kier molecular flexibility index (Phi) is 7.54. The number of ether oxygens (including phenoxy) is 2. The highest BCUT2D eigenvalue weighted by Gasteiger charge is 2.14. The first kappa shape index (κ1) is 21.7. The molecule has 1 aromatic carbocycles. The zero-order chi connectivity index (χ0) is 21.4. The monoisotopic (exact) mass is 397 g/mol. The number of aromatic nitrogens is 1. The number of nitriles is 1. The molecule has 1 amide bonds. The molecule has 2 aromatic rings. The number of benzene rings is 1. The van der Waals surface area contributed by atoms with Crippen LogP contribution in [-0.2, 0) is 20.7 Å². The Morgan fingerprint density at radius 1 is 1.21 bits per heavy atom. The fourth-order valence-electron chi connectivity index (χ4n) is 2.86. The summed E-state index contributed by atoms with van der Waals surface area (Å²) in [6.07, 6.45) is 0.317. The van der Waals surface area contributed by atoms with Gasteiger partial charge < -0.3 is 19.8 Å². The molecule has 0 aliphatic rings. The molecule has 2 N–H and O–H groups in total. The average molecular weight is 397 g/mol. The molecule has 0 atom stereocenters. The first-order chi connectivity index (χ1) is 13.8. The lowest BCUT2D eigenvalue weighted by atomic mass is 9.99. The van der Waals surface area contributed by atoms with E-state index in [0.717, 1.165) is 5.56 Å². The second kappa shape index (κ2) is 10.1. The standard InChI is InChI=1S/C21H23N3O5/c1-4-28-16-7-5-15(6-8-16)24-19(25)12-29-20(26)10-9-17-13(2)18(11-22)21(27)23-14(17)3/h5-8H,4,9-10,12H2,1-3H3,(H,23,27)(H,24,25). The van der Waals surface area contributed by atoms with Crippen molar-refractivity contribution >= 4 is 17.6 Å². The second-order valence-corrected chi connectivity index (χ2v) is 6.34. The molecule has 0 bridgehead atoms. The van der Waals surface area contributed by atoms with Gasteiger partial charge in [0, 0.05) is 17.8 Å². The number of hydrogen-bond acceptors (Lipinski definition) is 6. The highest BCUT2D eigenvalue weighted by atomic mass is 16.5. The van der Waals surface area contributed by atoms with Gasteiger partial charge in [0.1, 0.15) is 17.4 Å². The van der Waals surface area contributed by atoms with Gasteiger partial charge in [-0.1, -0.05) is 0 Å². The zero-order valence-electron chi connectivity index (χ0n) is 16.6. The minimum atomic E-state index is -0.546. The number of esters is 1. The number of rotatable bonds is 8. The molecule has 0 aliphatic heterocycles. The number of aryl methyl sites for hydroxylation is 1. The molecule has 0 saturated heterocycles. The fraction of sp³-hybridized carbons (Fsp3) is 0.333. The van der Waals surface area contributed by atoms with Crippen molar-refractivity contribution in [1.29, 1.82) is 5.26 Å². The van der Waals surface area contributed by atoms with Gasteiger partial charge >= 0.3 is 5.97 Å². The molecule has 0 radical (unpaired) electrons. The number of carbonyl (C=O) groups is 2. The topological polar surface area (TPSA) is 121 Å². The highest BCUT2D eigenvalue weighted by Crippen LogP contribution is 2.16.